The maximum absolute atomic E-state index is 13.4. The predicted octanol–water partition coefficient (Wildman–Crippen LogP) is 2.78. The van der Waals surface area contributed by atoms with Gasteiger partial charge in [0.15, 0.2) is 5.65 Å². The molecule has 0 spiro atoms. The molecule has 0 saturated carbocycles. The van der Waals surface area contributed by atoms with E-state index in [4.69, 9.17) is 0 Å². The van der Waals surface area contributed by atoms with E-state index < -0.39 is 40.5 Å². The minimum absolute atomic E-state index is 0.126. The molecule has 2 aromatic rings. The van der Waals surface area contributed by atoms with Crippen molar-refractivity contribution in [3.05, 3.63) is 29.7 Å². The standard InChI is InChI=1S/C18H23F2N5O3S/c1-10(22-29(28)18(2,3)4)12-8-24-7-11(15(19)20)6-13(16(24)21-12)25-9-14(26)23(5)17(25)27/h6-8,10,15,22H,9H2,1-5H3/t10-,29+/m1/s1. The topological polar surface area (TPSA) is 93.0 Å². The smallest absolute Gasteiger partial charge is 0.331 e. The Bertz CT molecular complexity index is 959. The molecule has 1 saturated heterocycles. The molecule has 0 aliphatic carbocycles. The minimum Gasteiger partial charge on any atom is -0.598 e. The molecule has 8 nitrogen and oxygen atoms in total. The lowest BCUT2D eigenvalue weighted by Gasteiger charge is -2.25. The number of nitrogens with zero attached hydrogens (tertiary/aromatic N) is 4. The summed E-state index contributed by atoms with van der Waals surface area (Å²) in [4.78, 5) is 30.8. The second kappa shape index (κ2) is 7.54. The number of rotatable bonds is 5. The van der Waals surface area contributed by atoms with Crippen LogP contribution in [0.3, 0.4) is 0 Å². The molecule has 158 valence electrons. The SMILES string of the molecule is C[C@@H](N[S@@+]([O-])C(C)(C)C)c1cn2cc(C(F)F)cc(N3CC(=O)N(C)C3=O)c2n1. The van der Waals surface area contributed by atoms with Crippen LogP contribution in [0.5, 0.6) is 0 Å². The number of anilines is 1. The third-order valence-electron chi connectivity index (χ3n) is 4.58. The Morgan fingerprint density at radius 3 is 2.45 bits per heavy atom. The van der Waals surface area contributed by atoms with Crippen LogP contribution in [0.25, 0.3) is 5.65 Å². The van der Waals surface area contributed by atoms with E-state index in [1.165, 1.54) is 23.7 Å². The summed E-state index contributed by atoms with van der Waals surface area (Å²) in [6.45, 7) is 6.99. The highest BCUT2D eigenvalue weighted by atomic mass is 32.2. The number of nitrogens with one attached hydrogen (secondary N) is 1. The van der Waals surface area contributed by atoms with Gasteiger partial charge < -0.3 is 8.95 Å². The van der Waals surface area contributed by atoms with Crippen molar-refractivity contribution in [3.63, 3.8) is 0 Å². The van der Waals surface area contributed by atoms with E-state index in [0.29, 0.717) is 5.69 Å². The fraction of sp³-hybridized carbons (Fsp3) is 0.500. The number of hydrogen-bond donors (Lipinski definition) is 1. The van der Waals surface area contributed by atoms with E-state index in [2.05, 4.69) is 9.71 Å². The van der Waals surface area contributed by atoms with Crippen LogP contribution < -0.4 is 9.62 Å². The average molecular weight is 427 g/mol. The lowest BCUT2D eigenvalue weighted by atomic mass is 10.2. The molecule has 1 aliphatic rings. The zero-order chi connectivity index (χ0) is 21.7. The number of likely N-dealkylation sites (N-methyl/N-ethyl adjacent to an activating group) is 1. The number of imidazole rings is 1. The van der Waals surface area contributed by atoms with Gasteiger partial charge >= 0.3 is 6.03 Å². The third kappa shape index (κ3) is 4.07. The molecular weight excluding hydrogens is 404 g/mol. The van der Waals surface area contributed by atoms with E-state index in [1.54, 1.807) is 13.1 Å². The molecule has 29 heavy (non-hydrogen) atoms. The van der Waals surface area contributed by atoms with Crippen LogP contribution in [-0.2, 0) is 16.2 Å². The molecule has 1 N–H and O–H groups in total. The fourth-order valence-electron chi connectivity index (χ4n) is 2.83. The molecule has 2 aromatic heterocycles. The number of carbonyl (C=O) groups is 2. The van der Waals surface area contributed by atoms with Crippen molar-refractivity contribution < 1.29 is 22.9 Å². The molecule has 3 rings (SSSR count). The number of alkyl halides is 2. The summed E-state index contributed by atoms with van der Waals surface area (Å²) in [5, 5.41) is 0. The van der Waals surface area contributed by atoms with Crippen molar-refractivity contribution in [1.82, 2.24) is 19.0 Å². The number of amides is 3. The summed E-state index contributed by atoms with van der Waals surface area (Å²) < 4.78 is 43.1. The number of pyridine rings is 1. The minimum atomic E-state index is -2.76. The largest absolute Gasteiger partial charge is 0.598 e. The first-order valence-corrected chi connectivity index (χ1v) is 10.1. The number of fused-ring (bicyclic) bond motifs is 1. The van der Waals surface area contributed by atoms with Crippen molar-refractivity contribution >= 4 is 34.6 Å². The lowest BCUT2D eigenvalue weighted by Crippen LogP contribution is -2.40. The molecular formula is C18H23F2N5O3S. The second-order valence-corrected chi connectivity index (χ2v) is 9.90. The Balaban J connectivity index is 2.05. The van der Waals surface area contributed by atoms with Gasteiger partial charge in [0.25, 0.3) is 6.43 Å². The normalized spacial score (nSPS) is 17.7. The molecule has 0 bridgehead atoms. The van der Waals surface area contributed by atoms with Gasteiger partial charge in [-0.05, 0) is 33.8 Å². The Morgan fingerprint density at radius 2 is 1.93 bits per heavy atom. The van der Waals surface area contributed by atoms with E-state index in [-0.39, 0.29) is 23.4 Å². The van der Waals surface area contributed by atoms with Gasteiger partial charge in [0.1, 0.15) is 11.3 Å². The van der Waals surface area contributed by atoms with Crippen molar-refractivity contribution in [2.75, 3.05) is 18.5 Å². The van der Waals surface area contributed by atoms with Crippen LogP contribution in [0.4, 0.5) is 19.3 Å². The molecule has 0 radical (unpaired) electrons. The molecule has 1 fully saturated rings. The predicted molar refractivity (Wildman–Crippen MR) is 105 cm³/mol. The zero-order valence-electron chi connectivity index (χ0n) is 16.8. The monoisotopic (exact) mass is 427 g/mol. The van der Waals surface area contributed by atoms with Crippen LogP contribution in [0.1, 0.15) is 51.4 Å². The van der Waals surface area contributed by atoms with Gasteiger partial charge in [-0.25, -0.2) is 18.6 Å². The van der Waals surface area contributed by atoms with Gasteiger partial charge in [-0.3, -0.25) is 14.6 Å². The summed E-state index contributed by atoms with van der Waals surface area (Å²) in [7, 11) is 1.34. The zero-order valence-corrected chi connectivity index (χ0v) is 17.6. The Kier molecular flexibility index (Phi) is 5.58. The van der Waals surface area contributed by atoms with Gasteiger partial charge in [-0.15, -0.1) is 4.72 Å². The first kappa shape index (κ1) is 21.5. The molecule has 3 heterocycles. The van der Waals surface area contributed by atoms with Crippen LogP contribution >= 0.6 is 0 Å². The number of hydrogen-bond acceptors (Lipinski definition) is 5. The summed E-state index contributed by atoms with van der Waals surface area (Å²) in [6, 6.07) is 0.135. The molecule has 11 heteroatoms. The Morgan fingerprint density at radius 1 is 1.28 bits per heavy atom. The van der Waals surface area contributed by atoms with E-state index in [9.17, 15) is 22.9 Å². The number of imide groups is 1. The summed E-state index contributed by atoms with van der Waals surface area (Å²) in [5.74, 6) is -0.432. The average Bonchev–Trinajstić information content (AvgIpc) is 3.17. The number of urea groups is 1. The number of carbonyl (C=O) groups excluding carboxylic acids is 2. The molecule has 1 aliphatic heterocycles. The number of aromatic nitrogens is 2. The Labute approximate surface area is 170 Å². The highest BCUT2D eigenvalue weighted by molar-refractivity contribution is 7.90. The van der Waals surface area contributed by atoms with Crippen molar-refractivity contribution in [2.45, 2.75) is 44.9 Å². The first-order valence-electron chi connectivity index (χ1n) is 8.97. The van der Waals surface area contributed by atoms with Gasteiger partial charge in [-0.2, -0.15) is 0 Å². The van der Waals surface area contributed by atoms with Gasteiger partial charge in [0.2, 0.25) is 5.91 Å². The van der Waals surface area contributed by atoms with E-state index >= 15 is 0 Å². The first-order chi connectivity index (χ1) is 13.4. The van der Waals surface area contributed by atoms with E-state index in [1.807, 2.05) is 20.8 Å². The quantitative estimate of drug-likeness (QED) is 0.585. The van der Waals surface area contributed by atoms with Crippen LogP contribution in [-0.4, -0.2) is 49.1 Å². The summed E-state index contributed by atoms with van der Waals surface area (Å²) in [5.41, 5.74) is 0.559. The van der Waals surface area contributed by atoms with Gasteiger partial charge in [-0.1, -0.05) is 0 Å². The molecule has 2 atom stereocenters. The fourth-order valence-corrected chi connectivity index (χ4v) is 3.63. The van der Waals surface area contributed by atoms with Crippen LogP contribution in [0.15, 0.2) is 18.5 Å². The lowest BCUT2D eigenvalue weighted by molar-refractivity contribution is -0.123. The summed E-state index contributed by atoms with van der Waals surface area (Å²) in [6.07, 6.45) is 0.0208. The Hall–Kier alpha value is -2.24. The van der Waals surface area contributed by atoms with Crippen molar-refractivity contribution in [2.24, 2.45) is 0 Å². The highest BCUT2D eigenvalue weighted by Crippen LogP contribution is 2.31. The van der Waals surface area contributed by atoms with Gasteiger partial charge in [0.05, 0.1) is 17.4 Å². The second-order valence-electron chi connectivity index (χ2n) is 7.90. The summed E-state index contributed by atoms with van der Waals surface area (Å²) >= 11 is -1.36. The molecule has 0 aromatic carbocycles. The third-order valence-corrected chi connectivity index (χ3v) is 6.26. The molecule has 3 amide bonds. The van der Waals surface area contributed by atoms with Crippen molar-refractivity contribution in [3.8, 4) is 0 Å². The van der Waals surface area contributed by atoms with Gasteiger partial charge in [0, 0.05) is 36.4 Å². The van der Waals surface area contributed by atoms with E-state index in [0.717, 1.165) is 9.80 Å². The van der Waals surface area contributed by atoms with Crippen LogP contribution in [0, 0.1) is 0 Å². The molecule has 0 unspecified atom stereocenters. The van der Waals surface area contributed by atoms with Crippen LogP contribution in [0.2, 0.25) is 0 Å². The number of halogens is 2. The van der Waals surface area contributed by atoms with Crippen molar-refractivity contribution in [1.29, 1.82) is 0 Å². The highest BCUT2D eigenvalue weighted by Gasteiger charge is 2.36. The maximum Gasteiger partial charge on any atom is 0.331 e. The maximum atomic E-state index is 13.4.